The third-order valence-corrected chi connectivity index (χ3v) is 2.99. The van der Waals surface area contributed by atoms with Crippen molar-refractivity contribution >= 4 is 0 Å². The Labute approximate surface area is 106 Å². The van der Waals surface area contributed by atoms with Gasteiger partial charge >= 0.3 is 0 Å². The maximum Gasteiger partial charge on any atom is 0.179 e. The Morgan fingerprint density at radius 3 is 2.56 bits per heavy atom. The number of nitrogens with zero attached hydrogens (tertiary/aromatic N) is 5. The van der Waals surface area contributed by atoms with Gasteiger partial charge in [0.2, 0.25) is 0 Å². The second-order valence-corrected chi connectivity index (χ2v) is 3.99. The van der Waals surface area contributed by atoms with Crippen LogP contribution in [0.15, 0.2) is 12.4 Å². The molecular formula is C13H15N5. The molecule has 0 aromatic carbocycles. The first-order valence-corrected chi connectivity index (χ1v) is 6.01. The molecule has 0 radical (unpaired) electrons. The second kappa shape index (κ2) is 4.96. The van der Waals surface area contributed by atoms with Crippen LogP contribution in [0.25, 0.3) is 5.82 Å². The van der Waals surface area contributed by atoms with E-state index in [9.17, 15) is 5.26 Å². The number of aromatic nitrogens is 4. The number of hydrogen-bond donors (Lipinski definition) is 0. The van der Waals surface area contributed by atoms with Crippen molar-refractivity contribution in [2.24, 2.45) is 0 Å². The van der Waals surface area contributed by atoms with E-state index >= 15 is 0 Å². The molecule has 5 heteroatoms. The van der Waals surface area contributed by atoms with Crippen molar-refractivity contribution in [3.05, 3.63) is 35.0 Å². The van der Waals surface area contributed by atoms with Crippen molar-refractivity contribution in [2.75, 3.05) is 0 Å². The normalized spacial score (nSPS) is 10.3. The molecule has 5 nitrogen and oxygen atoms in total. The Morgan fingerprint density at radius 2 is 2.06 bits per heavy atom. The Balaban J connectivity index is 2.71. The van der Waals surface area contributed by atoms with E-state index in [2.05, 4.69) is 21.3 Å². The number of hydrogen-bond acceptors (Lipinski definition) is 4. The number of nitriles is 1. The second-order valence-electron chi connectivity index (χ2n) is 3.99. The van der Waals surface area contributed by atoms with E-state index in [0.29, 0.717) is 11.4 Å². The summed E-state index contributed by atoms with van der Waals surface area (Å²) in [5.74, 6) is 1.37. The minimum absolute atomic E-state index is 0.571. The Hall–Kier alpha value is -2.22. The number of imidazole rings is 1. The van der Waals surface area contributed by atoms with Crippen LogP contribution in [0.1, 0.15) is 36.5 Å². The predicted octanol–water partition coefficient (Wildman–Crippen LogP) is 1.97. The van der Waals surface area contributed by atoms with Crippen molar-refractivity contribution in [1.82, 2.24) is 19.7 Å². The van der Waals surface area contributed by atoms with E-state index < -0.39 is 0 Å². The smallest absolute Gasteiger partial charge is 0.179 e. The zero-order chi connectivity index (χ0) is 13.1. The summed E-state index contributed by atoms with van der Waals surface area (Å²) in [5, 5.41) is 17.8. The maximum atomic E-state index is 9.39. The number of rotatable bonds is 3. The van der Waals surface area contributed by atoms with Gasteiger partial charge in [-0.3, -0.25) is 4.57 Å². The highest BCUT2D eigenvalue weighted by atomic mass is 15.2. The summed E-state index contributed by atoms with van der Waals surface area (Å²) in [6.07, 6.45) is 5.05. The van der Waals surface area contributed by atoms with Crippen LogP contribution in [0.5, 0.6) is 0 Å². The SMILES string of the molecule is CCc1nnc(-n2ccnc2C)c(C#N)c1CC. The van der Waals surface area contributed by atoms with E-state index in [1.54, 1.807) is 17.0 Å². The van der Waals surface area contributed by atoms with Crippen LogP contribution in [-0.4, -0.2) is 19.7 Å². The summed E-state index contributed by atoms with van der Waals surface area (Å²) in [4.78, 5) is 4.15. The van der Waals surface area contributed by atoms with E-state index in [0.717, 1.165) is 29.9 Å². The highest BCUT2D eigenvalue weighted by Crippen LogP contribution is 2.20. The summed E-state index contributed by atoms with van der Waals surface area (Å²) < 4.78 is 1.80. The zero-order valence-corrected chi connectivity index (χ0v) is 10.8. The summed E-state index contributed by atoms with van der Waals surface area (Å²) >= 11 is 0. The third kappa shape index (κ3) is 1.86. The van der Waals surface area contributed by atoms with Gasteiger partial charge < -0.3 is 0 Å². The molecule has 0 atom stereocenters. The Morgan fingerprint density at radius 1 is 1.28 bits per heavy atom. The molecule has 2 heterocycles. The molecule has 0 aliphatic rings. The van der Waals surface area contributed by atoms with E-state index in [4.69, 9.17) is 0 Å². The summed E-state index contributed by atoms with van der Waals surface area (Å²) in [7, 11) is 0. The van der Waals surface area contributed by atoms with E-state index in [-0.39, 0.29) is 0 Å². The molecule has 92 valence electrons. The number of aryl methyl sites for hydroxylation is 2. The van der Waals surface area contributed by atoms with Crippen molar-refractivity contribution in [3.8, 4) is 11.9 Å². The molecule has 0 fully saturated rings. The fourth-order valence-electron chi connectivity index (χ4n) is 2.05. The van der Waals surface area contributed by atoms with Crippen LogP contribution in [-0.2, 0) is 12.8 Å². The van der Waals surface area contributed by atoms with Gasteiger partial charge in [-0.1, -0.05) is 13.8 Å². The van der Waals surface area contributed by atoms with Gasteiger partial charge in [-0.15, -0.1) is 5.10 Å². The first kappa shape index (κ1) is 12.2. The van der Waals surface area contributed by atoms with Gasteiger partial charge in [0.1, 0.15) is 17.5 Å². The fraction of sp³-hybridized carbons (Fsp3) is 0.385. The van der Waals surface area contributed by atoms with Crippen molar-refractivity contribution in [1.29, 1.82) is 5.26 Å². The molecule has 0 amide bonds. The Bertz CT molecular complexity index is 606. The van der Waals surface area contributed by atoms with Crippen LogP contribution in [0, 0.1) is 18.3 Å². The highest BCUT2D eigenvalue weighted by molar-refractivity contribution is 5.50. The van der Waals surface area contributed by atoms with Crippen molar-refractivity contribution in [3.63, 3.8) is 0 Å². The molecule has 0 unspecified atom stereocenters. The van der Waals surface area contributed by atoms with Crippen LogP contribution in [0.2, 0.25) is 0 Å². The quantitative estimate of drug-likeness (QED) is 0.823. The first-order chi connectivity index (χ1) is 8.72. The van der Waals surface area contributed by atoms with Gasteiger partial charge in [0.25, 0.3) is 0 Å². The topological polar surface area (TPSA) is 67.4 Å². The molecule has 0 saturated carbocycles. The molecule has 2 aromatic rings. The lowest BCUT2D eigenvalue weighted by Crippen LogP contribution is -2.10. The van der Waals surface area contributed by atoms with Gasteiger partial charge in [-0.25, -0.2) is 4.98 Å². The van der Waals surface area contributed by atoms with Crippen molar-refractivity contribution < 1.29 is 0 Å². The maximum absolute atomic E-state index is 9.39. The molecule has 18 heavy (non-hydrogen) atoms. The lowest BCUT2D eigenvalue weighted by Gasteiger charge is -2.11. The molecule has 0 aliphatic carbocycles. The average molecular weight is 241 g/mol. The average Bonchev–Trinajstić information content (AvgIpc) is 2.82. The summed E-state index contributed by atoms with van der Waals surface area (Å²) in [5.41, 5.74) is 2.49. The van der Waals surface area contributed by atoms with E-state index in [1.807, 2.05) is 20.8 Å². The van der Waals surface area contributed by atoms with Gasteiger partial charge in [0, 0.05) is 12.4 Å². The fourth-order valence-corrected chi connectivity index (χ4v) is 2.05. The summed E-state index contributed by atoms with van der Waals surface area (Å²) in [6, 6.07) is 2.25. The van der Waals surface area contributed by atoms with Gasteiger partial charge in [-0.05, 0) is 25.3 Å². The summed E-state index contributed by atoms with van der Waals surface area (Å²) in [6.45, 7) is 5.93. The molecular weight excluding hydrogens is 226 g/mol. The molecule has 0 spiro atoms. The van der Waals surface area contributed by atoms with Crippen molar-refractivity contribution in [2.45, 2.75) is 33.6 Å². The molecule has 2 rings (SSSR count). The molecule has 0 saturated heterocycles. The van der Waals surface area contributed by atoms with Crippen LogP contribution in [0.4, 0.5) is 0 Å². The largest absolute Gasteiger partial charge is 0.286 e. The van der Waals surface area contributed by atoms with Crippen LogP contribution in [0.3, 0.4) is 0 Å². The first-order valence-electron chi connectivity index (χ1n) is 6.01. The predicted molar refractivity (Wildman–Crippen MR) is 67.4 cm³/mol. The molecule has 2 aromatic heterocycles. The third-order valence-electron chi connectivity index (χ3n) is 2.99. The van der Waals surface area contributed by atoms with Gasteiger partial charge in [0.05, 0.1) is 5.69 Å². The monoisotopic (exact) mass is 241 g/mol. The highest BCUT2D eigenvalue weighted by Gasteiger charge is 2.16. The Kier molecular flexibility index (Phi) is 3.38. The van der Waals surface area contributed by atoms with Gasteiger partial charge in [0.15, 0.2) is 5.82 Å². The zero-order valence-electron chi connectivity index (χ0n) is 10.8. The lowest BCUT2D eigenvalue weighted by molar-refractivity contribution is 0.816. The van der Waals surface area contributed by atoms with Crippen LogP contribution < -0.4 is 0 Å². The van der Waals surface area contributed by atoms with Gasteiger partial charge in [-0.2, -0.15) is 10.4 Å². The minimum Gasteiger partial charge on any atom is -0.286 e. The van der Waals surface area contributed by atoms with E-state index in [1.165, 1.54) is 0 Å². The molecule has 0 N–H and O–H groups in total. The standard InChI is InChI=1S/C13H15N5/c1-4-10-11(8-14)13(17-16-12(10)5-2)18-7-6-15-9(18)3/h6-7H,4-5H2,1-3H3. The minimum atomic E-state index is 0.571. The lowest BCUT2D eigenvalue weighted by atomic mass is 10.0. The van der Waals surface area contributed by atoms with Crippen LogP contribution >= 0.6 is 0 Å². The molecule has 0 bridgehead atoms. The molecule has 0 aliphatic heterocycles.